The first kappa shape index (κ1) is 11.6. The van der Waals surface area contributed by atoms with Crippen molar-refractivity contribution in [3.8, 4) is 0 Å². The van der Waals surface area contributed by atoms with E-state index in [0.717, 1.165) is 13.0 Å². The SMILES string of the molecule is CN1CCc2ccc(C(CC(=O)O)C3CC3)cc21. The Labute approximate surface area is 107 Å². The summed E-state index contributed by atoms with van der Waals surface area (Å²) < 4.78 is 0. The van der Waals surface area contributed by atoms with Crippen molar-refractivity contribution in [2.45, 2.75) is 31.6 Å². The summed E-state index contributed by atoms with van der Waals surface area (Å²) in [5.74, 6) is 0.119. The molecule has 0 spiro atoms. The standard InChI is InChI=1S/C15H19NO2/c1-16-7-6-11-4-5-12(8-14(11)16)13(9-15(17)18)10-2-3-10/h4-5,8,10,13H,2-3,6-7,9H2,1H3,(H,17,18). The normalized spacial score (nSPS) is 19.7. The molecule has 1 atom stereocenters. The Kier molecular flexibility index (Phi) is 2.77. The van der Waals surface area contributed by atoms with Crippen LogP contribution in [0, 0.1) is 5.92 Å². The van der Waals surface area contributed by atoms with E-state index in [1.807, 2.05) is 0 Å². The summed E-state index contributed by atoms with van der Waals surface area (Å²) in [6.45, 7) is 1.08. The molecule has 3 nitrogen and oxygen atoms in total. The zero-order chi connectivity index (χ0) is 12.7. The van der Waals surface area contributed by atoms with Crippen LogP contribution in [0.2, 0.25) is 0 Å². The van der Waals surface area contributed by atoms with Crippen molar-refractivity contribution < 1.29 is 9.90 Å². The number of rotatable bonds is 4. The van der Waals surface area contributed by atoms with Crippen molar-refractivity contribution in [2.75, 3.05) is 18.5 Å². The summed E-state index contributed by atoms with van der Waals surface area (Å²) in [6.07, 6.45) is 3.75. The first-order valence-corrected chi connectivity index (χ1v) is 6.71. The van der Waals surface area contributed by atoms with Gasteiger partial charge in [-0.15, -0.1) is 0 Å². The molecular weight excluding hydrogens is 226 g/mol. The molecule has 3 heteroatoms. The Balaban J connectivity index is 1.90. The number of carboxylic acids is 1. The lowest BCUT2D eigenvalue weighted by Gasteiger charge is -2.18. The first-order valence-electron chi connectivity index (χ1n) is 6.71. The number of carboxylic acid groups (broad SMARTS) is 1. The molecule has 96 valence electrons. The molecule has 0 saturated heterocycles. The van der Waals surface area contributed by atoms with Crippen molar-refractivity contribution >= 4 is 11.7 Å². The van der Waals surface area contributed by atoms with Crippen LogP contribution in [0.15, 0.2) is 18.2 Å². The molecule has 0 radical (unpaired) electrons. The average molecular weight is 245 g/mol. The molecule has 1 aromatic carbocycles. The van der Waals surface area contributed by atoms with E-state index in [2.05, 4.69) is 30.1 Å². The van der Waals surface area contributed by atoms with Gasteiger partial charge in [0.1, 0.15) is 0 Å². The maximum absolute atomic E-state index is 11.0. The molecule has 0 aromatic heterocycles. The Morgan fingerprint density at radius 1 is 1.50 bits per heavy atom. The fraction of sp³-hybridized carbons (Fsp3) is 0.533. The van der Waals surface area contributed by atoms with E-state index < -0.39 is 5.97 Å². The minimum atomic E-state index is -0.680. The molecule has 1 aromatic rings. The van der Waals surface area contributed by atoms with Crippen molar-refractivity contribution in [3.63, 3.8) is 0 Å². The number of aliphatic carboxylic acids is 1. The van der Waals surface area contributed by atoms with Crippen molar-refractivity contribution in [2.24, 2.45) is 5.92 Å². The van der Waals surface area contributed by atoms with Gasteiger partial charge in [-0.3, -0.25) is 4.79 Å². The number of hydrogen-bond donors (Lipinski definition) is 1. The zero-order valence-electron chi connectivity index (χ0n) is 10.7. The first-order chi connectivity index (χ1) is 8.65. The molecule has 1 aliphatic carbocycles. The molecule has 3 rings (SSSR count). The molecule has 1 unspecified atom stereocenters. The molecule has 1 heterocycles. The van der Waals surface area contributed by atoms with Gasteiger partial charge in [0.25, 0.3) is 0 Å². The summed E-state index contributed by atoms with van der Waals surface area (Å²) in [7, 11) is 2.11. The highest BCUT2D eigenvalue weighted by Crippen LogP contribution is 2.45. The maximum Gasteiger partial charge on any atom is 0.303 e. The van der Waals surface area contributed by atoms with Gasteiger partial charge in [-0.2, -0.15) is 0 Å². The number of fused-ring (bicyclic) bond motifs is 1. The van der Waals surface area contributed by atoms with Gasteiger partial charge in [0, 0.05) is 19.3 Å². The highest BCUT2D eigenvalue weighted by molar-refractivity contribution is 5.69. The fourth-order valence-electron chi connectivity index (χ4n) is 3.03. The van der Waals surface area contributed by atoms with E-state index in [1.165, 1.54) is 29.7 Å². The van der Waals surface area contributed by atoms with E-state index in [4.69, 9.17) is 5.11 Å². The Morgan fingerprint density at radius 2 is 2.28 bits per heavy atom. The Morgan fingerprint density at radius 3 is 2.94 bits per heavy atom. The average Bonchev–Trinajstić information content (AvgIpc) is 3.11. The third kappa shape index (κ3) is 2.09. The summed E-state index contributed by atoms with van der Waals surface area (Å²) in [6, 6.07) is 6.55. The molecule has 0 amide bonds. The van der Waals surface area contributed by atoms with Crippen molar-refractivity contribution in [1.82, 2.24) is 0 Å². The van der Waals surface area contributed by atoms with E-state index in [9.17, 15) is 4.79 Å². The van der Waals surface area contributed by atoms with Crippen LogP contribution in [0.5, 0.6) is 0 Å². The van der Waals surface area contributed by atoms with Crippen molar-refractivity contribution in [1.29, 1.82) is 0 Å². The van der Waals surface area contributed by atoms with Crippen LogP contribution < -0.4 is 4.90 Å². The number of nitrogens with zero attached hydrogens (tertiary/aromatic N) is 1. The molecule has 1 N–H and O–H groups in total. The molecule has 0 bridgehead atoms. The Hall–Kier alpha value is -1.51. The van der Waals surface area contributed by atoms with Gasteiger partial charge in [0.2, 0.25) is 0 Å². The second kappa shape index (κ2) is 4.30. The van der Waals surface area contributed by atoms with Crippen LogP contribution >= 0.6 is 0 Å². The predicted molar refractivity (Wildman–Crippen MR) is 71.1 cm³/mol. The van der Waals surface area contributed by atoms with Gasteiger partial charge in [-0.1, -0.05) is 12.1 Å². The monoisotopic (exact) mass is 245 g/mol. The van der Waals surface area contributed by atoms with Gasteiger partial charge in [0.15, 0.2) is 0 Å². The quantitative estimate of drug-likeness (QED) is 0.886. The second-order valence-electron chi connectivity index (χ2n) is 5.60. The molecule has 2 aliphatic rings. The summed E-state index contributed by atoms with van der Waals surface area (Å²) >= 11 is 0. The number of hydrogen-bond acceptors (Lipinski definition) is 2. The number of benzene rings is 1. The summed E-state index contributed by atoms with van der Waals surface area (Å²) in [4.78, 5) is 13.3. The topological polar surface area (TPSA) is 40.5 Å². The largest absolute Gasteiger partial charge is 0.481 e. The van der Waals surface area contributed by atoms with E-state index in [0.29, 0.717) is 5.92 Å². The van der Waals surface area contributed by atoms with Gasteiger partial charge in [-0.05, 0) is 48.3 Å². The maximum atomic E-state index is 11.0. The number of likely N-dealkylation sites (N-methyl/N-ethyl adjacent to an activating group) is 1. The lowest BCUT2D eigenvalue weighted by Crippen LogP contribution is -2.13. The lowest BCUT2D eigenvalue weighted by molar-refractivity contribution is -0.137. The smallest absolute Gasteiger partial charge is 0.303 e. The van der Waals surface area contributed by atoms with E-state index >= 15 is 0 Å². The molecule has 1 fully saturated rings. The zero-order valence-corrected chi connectivity index (χ0v) is 10.7. The van der Waals surface area contributed by atoms with Crippen LogP contribution in [0.1, 0.15) is 36.3 Å². The minimum absolute atomic E-state index is 0.210. The highest BCUT2D eigenvalue weighted by atomic mass is 16.4. The van der Waals surface area contributed by atoms with Gasteiger partial charge < -0.3 is 10.0 Å². The van der Waals surface area contributed by atoms with Crippen LogP contribution in [0.3, 0.4) is 0 Å². The minimum Gasteiger partial charge on any atom is -0.481 e. The fourth-order valence-corrected chi connectivity index (χ4v) is 3.03. The predicted octanol–water partition coefficient (Wildman–Crippen LogP) is 2.65. The Bertz CT molecular complexity index is 479. The number of anilines is 1. The van der Waals surface area contributed by atoms with E-state index in [-0.39, 0.29) is 12.3 Å². The van der Waals surface area contributed by atoms with Crippen LogP contribution in [-0.4, -0.2) is 24.7 Å². The van der Waals surface area contributed by atoms with Gasteiger partial charge >= 0.3 is 5.97 Å². The molecular formula is C15H19NO2. The third-order valence-corrected chi connectivity index (χ3v) is 4.25. The van der Waals surface area contributed by atoms with Gasteiger partial charge in [0.05, 0.1) is 6.42 Å². The summed E-state index contributed by atoms with van der Waals surface area (Å²) in [5.41, 5.74) is 3.90. The number of carbonyl (C=O) groups is 1. The van der Waals surface area contributed by atoms with Crippen LogP contribution in [-0.2, 0) is 11.2 Å². The lowest BCUT2D eigenvalue weighted by atomic mass is 9.90. The van der Waals surface area contributed by atoms with Crippen molar-refractivity contribution in [3.05, 3.63) is 29.3 Å². The van der Waals surface area contributed by atoms with Crippen LogP contribution in [0.25, 0.3) is 0 Å². The van der Waals surface area contributed by atoms with E-state index in [1.54, 1.807) is 0 Å². The second-order valence-corrected chi connectivity index (χ2v) is 5.60. The third-order valence-electron chi connectivity index (χ3n) is 4.25. The molecule has 1 aliphatic heterocycles. The molecule has 18 heavy (non-hydrogen) atoms. The van der Waals surface area contributed by atoms with Crippen LogP contribution in [0.4, 0.5) is 5.69 Å². The highest BCUT2D eigenvalue weighted by Gasteiger charge is 2.34. The molecule has 1 saturated carbocycles. The van der Waals surface area contributed by atoms with Gasteiger partial charge in [-0.25, -0.2) is 0 Å². The summed E-state index contributed by atoms with van der Waals surface area (Å²) in [5, 5.41) is 9.06.